The largest absolute Gasteiger partial charge is 0.432 e. The van der Waals surface area contributed by atoms with Gasteiger partial charge in [0.05, 0.1) is 5.92 Å². The molecule has 47 heavy (non-hydrogen) atoms. The standard InChI is InChI=1S/C18H26O5.C15H22O5.C3H4O/c1-5-10-19-15-12(3)14-7-6-11(2)13-8-9-17(4)21-16(20-15)18(13,14)23-22-17;1-8-4-5-11-9(2)12(16)17-13-15(11)10(8)6-7-14(3,18-13)19-20-15;1-2-3-4/h1,11-16H,6-10H2,2-4H3;8-11,13H,4-7H2,1-3H3;1,4H,3H2/t11-,12-,13?,14?,15+,16-,17+,18-;8-,9-,10?,11?,13-,14+,15-;/m11./s1. The first-order valence-corrected chi connectivity index (χ1v) is 17.4. The minimum atomic E-state index is -0.793. The number of carbonyl (C=O) groups is 1. The lowest BCUT2D eigenvalue weighted by Crippen LogP contribution is -2.70. The van der Waals surface area contributed by atoms with E-state index in [4.69, 9.17) is 54.8 Å². The molecule has 15 atom stereocenters. The first kappa shape index (κ1) is 35.1. The van der Waals surface area contributed by atoms with E-state index in [0.717, 1.165) is 44.9 Å². The van der Waals surface area contributed by atoms with E-state index in [2.05, 4.69) is 33.1 Å². The summed E-state index contributed by atoms with van der Waals surface area (Å²) in [6.45, 7) is 12.5. The molecule has 0 aromatic rings. The zero-order valence-corrected chi connectivity index (χ0v) is 28.6. The number of aliphatic hydroxyl groups is 1. The van der Waals surface area contributed by atoms with Crippen LogP contribution in [0.25, 0.3) is 0 Å². The van der Waals surface area contributed by atoms with Gasteiger partial charge in [0.2, 0.25) is 17.9 Å². The summed E-state index contributed by atoms with van der Waals surface area (Å²) in [6, 6.07) is 0. The maximum Gasteiger partial charge on any atom is 0.311 e. The molecule has 1 N–H and O–H groups in total. The average Bonchev–Trinajstić information content (AvgIpc) is 3.43. The minimum absolute atomic E-state index is 0.123. The highest BCUT2D eigenvalue weighted by Gasteiger charge is 2.71. The molecular formula is C36H52O11. The first-order chi connectivity index (χ1) is 22.4. The van der Waals surface area contributed by atoms with Crippen LogP contribution < -0.4 is 0 Å². The molecular weight excluding hydrogens is 608 g/mol. The summed E-state index contributed by atoms with van der Waals surface area (Å²) in [6.07, 6.45) is 16.4. The SMILES string of the molecule is C#CCO.C#CCO[C@H]1O[C@@H]2O[C@]3(C)CCC4[C@H](C)CCC([C@H]1C)[C@]42OO3.C[C@@H]1CCC2[C@@H](C)C(=O)O[C@@H]3O[C@]4(C)CCC1[C@@]23OO4. The molecule has 4 bridgehead atoms. The Morgan fingerprint density at radius 1 is 0.766 bits per heavy atom. The van der Waals surface area contributed by atoms with Gasteiger partial charge in [-0.25, -0.2) is 19.6 Å². The molecule has 10 rings (SSSR count). The van der Waals surface area contributed by atoms with Gasteiger partial charge in [-0.1, -0.05) is 39.5 Å². The van der Waals surface area contributed by atoms with Gasteiger partial charge >= 0.3 is 5.97 Å². The Bertz CT molecular complexity index is 1250. The van der Waals surface area contributed by atoms with Crippen molar-refractivity contribution < 1.29 is 53.1 Å². The van der Waals surface area contributed by atoms with E-state index in [1.54, 1.807) is 0 Å². The van der Waals surface area contributed by atoms with Crippen molar-refractivity contribution in [3.8, 4) is 24.7 Å². The van der Waals surface area contributed by atoms with Crippen molar-refractivity contribution in [1.82, 2.24) is 0 Å². The molecule has 4 unspecified atom stereocenters. The van der Waals surface area contributed by atoms with E-state index in [9.17, 15) is 4.79 Å². The van der Waals surface area contributed by atoms with Crippen LogP contribution in [0.4, 0.5) is 0 Å². The van der Waals surface area contributed by atoms with Crippen LogP contribution >= 0.6 is 0 Å². The molecule has 262 valence electrons. The maximum absolute atomic E-state index is 12.1. The van der Waals surface area contributed by atoms with Gasteiger partial charge in [0.15, 0.2) is 23.8 Å². The molecule has 2 spiro atoms. The molecule has 8 aliphatic heterocycles. The van der Waals surface area contributed by atoms with Gasteiger partial charge in [0, 0.05) is 36.5 Å². The number of fused-ring (bicyclic) bond motifs is 4. The normalized spacial score (nSPS) is 51.9. The van der Waals surface area contributed by atoms with E-state index < -0.39 is 35.4 Å². The quantitative estimate of drug-likeness (QED) is 0.249. The lowest BCUT2D eigenvalue weighted by Gasteiger charge is -2.60. The number of hydrogen-bond donors (Lipinski definition) is 1. The number of terminal acetylenes is 2. The Morgan fingerprint density at radius 2 is 1.30 bits per heavy atom. The molecule has 2 aliphatic carbocycles. The minimum Gasteiger partial charge on any atom is -0.432 e. The highest BCUT2D eigenvalue weighted by Crippen LogP contribution is 2.61. The van der Waals surface area contributed by atoms with E-state index in [0.29, 0.717) is 23.7 Å². The summed E-state index contributed by atoms with van der Waals surface area (Å²) < 4.78 is 29.8. The van der Waals surface area contributed by atoms with Crippen molar-refractivity contribution in [2.45, 2.75) is 135 Å². The second-order valence-electron chi connectivity index (χ2n) is 15.3. The third-order valence-corrected chi connectivity index (χ3v) is 12.5. The van der Waals surface area contributed by atoms with Crippen molar-refractivity contribution in [3.63, 3.8) is 0 Å². The summed E-state index contributed by atoms with van der Waals surface area (Å²) in [5.74, 6) is 5.05. The van der Waals surface area contributed by atoms with Crippen LogP contribution in [0.2, 0.25) is 0 Å². The topological polar surface area (TPSA) is 120 Å². The summed E-state index contributed by atoms with van der Waals surface area (Å²) >= 11 is 0. The van der Waals surface area contributed by atoms with Crippen molar-refractivity contribution in [2.24, 2.45) is 47.3 Å². The number of rotatable bonds is 2. The second-order valence-corrected chi connectivity index (χ2v) is 15.3. The fraction of sp³-hybridized carbons (Fsp3) is 0.861. The molecule has 0 aromatic heterocycles. The third-order valence-electron chi connectivity index (χ3n) is 12.5. The number of hydrogen-bond acceptors (Lipinski definition) is 11. The molecule has 0 radical (unpaired) electrons. The van der Waals surface area contributed by atoms with Crippen molar-refractivity contribution in [1.29, 1.82) is 0 Å². The van der Waals surface area contributed by atoms with Crippen LogP contribution in [0.1, 0.15) is 92.9 Å². The lowest BCUT2D eigenvalue weighted by molar-refractivity contribution is -0.577. The maximum atomic E-state index is 12.1. The highest BCUT2D eigenvalue weighted by atomic mass is 17.3. The molecule has 10 fully saturated rings. The molecule has 11 nitrogen and oxygen atoms in total. The van der Waals surface area contributed by atoms with E-state index in [1.807, 2.05) is 26.7 Å². The van der Waals surface area contributed by atoms with E-state index >= 15 is 0 Å². The Kier molecular flexibility index (Phi) is 9.83. The third kappa shape index (κ3) is 5.74. The highest BCUT2D eigenvalue weighted by molar-refractivity contribution is 5.74. The van der Waals surface area contributed by atoms with Crippen LogP contribution in [0.15, 0.2) is 0 Å². The predicted octanol–water partition coefficient (Wildman–Crippen LogP) is 4.85. The van der Waals surface area contributed by atoms with Crippen LogP contribution in [0.5, 0.6) is 0 Å². The Morgan fingerprint density at radius 3 is 1.85 bits per heavy atom. The van der Waals surface area contributed by atoms with Crippen LogP contribution in [-0.4, -0.2) is 65.9 Å². The van der Waals surface area contributed by atoms with E-state index in [1.165, 1.54) is 6.42 Å². The summed E-state index contributed by atoms with van der Waals surface area (Å²) in [4.78, 5) is 35.5. The van der Waals surface area contributed by atoms with Gasteiger partial charge < -0.3 is 28.8 Å². The zero-order valence-electron chi connectivity index (χ0n) is 28.6. The number of carbonyl (C=O) groups excluding carboxylic acids is 1. The first-order valence-electron chi connectivity index (χ1n) is 17.4. The number of ether oxygens (including phenoxy) is 5. The van der Waals surface area contributed by atoms with Gasteiger partial charge in [0.25, 0.3) is 0 Å². The predicted molar refractivity (Wildman–Crippen MR) is 166 cm³/mol. The van der Waals surface area contributed by atoms with Crippen molar-refractivity contribution in [2.75, 3.05) is 13.2 Å². The summed E-state index contributed by atoms with van der Waals surface area (Å²) in [5.41, 5.74) is -1.13. The van der Waals surface area contributed by atoms with Gasteiger partial charge in [-0.05, 0) is 70.1 Å². The van der Waals surface area contributed by atoms with Gasteiger partial charge in [0.1, 0.15) is 13.2 Å². The lowest BCUT2D eigenvalue weighted by atomic mass is 9.58. The second kappa shape index (κ2) is 13.2. The molecule has 2 saturated carbocycles. The fourth-order valence-electron chi connectivity index (χ4n) is 9.96. The van der Waals surface area contributed by atoms with Gasteiger partial charge in [-0.15, -0.1) is 12.8 Å². The summed E-state index contributed by atoms with van der Waals surface area (Å²) in [7, 11) is 0. The zero-order chi connectivity index (χ0) is 33.8. The molecule has 8 heterocycles. The Hall–Kier alpha value is -1.77. The molecule has 10 aliphatic rings. The van der Waals surface area contributed by atoms with Gasteiger partial charge in [-0.2, -0.15) is 0 Å². The summed E-state index contributed by atoms with van der Waals surface area (Å²) in [5, 5.41) is 7.64. The average molecular weight is 661 g/mol. The van der Waals surface area contributed by atoms with Crippen molar-refractivity contribution in [3.05, 3.63) is 0 Å². The molecule has 11 heteroatoms. The monoisotopic (exact) mass is 660 g/mol. The molecule has 0 aromatic carbocycles. The number of esters is 1. The van der Waals surface area contributed by atoms with Crippen LogP contribution in [0.3, 0.4) is 0 Å². The Balaban J connectivity index is 0.000000149. The van der Waals surface area contributed by atoms with Crippen molar-refractivity contribution >= 4 is 5.97 Å². The van der Waals surface area contributed by atoms with E-state index in [-0.39, 0.29) is 49.1 Å². The van der Waals surface area contributed by atoms with Crippen LogP contribution in [0, 0.1) is 72.0 Å². The molecule has 0 amide bonds. The van der Waals surface area contributed by atoms with Gasteiger partial charge in [-0.3, -0.25) is 4.79 Å². The molecule has 8 saturated heterocycles. The Labute approximate surface area is 278 Å². The fourth-order valence-corrected chi connectivity index (χ4v) is 9.96. The van der Waals surface area contributed by atoms with Crippen LogP contribution in [-0.2, 0) is 48.0 Å². The smallest absolute Gasteiger partial charge is 0.311 e. The number of aliphatic hydroxyl groups excluding tert-OH is 1.